The van der Waals surface area contributed by atoms with Crippen LogP contribution >= 0.6 is 11.8 Å². The summed E-state index contributed by atoms with van der Waals surface area (Å²) in [6.07, 6.45) is 9.59. The van der Waals surface area contributed by atoms with E-state index in [1.165, 1.54) is 24.2 Å². The second-order valence-corrected chi connectivity index (χ2v) is 4.54. The van der Waals surface area contributed by atoms with Crippen LogP contribution in [0.5, 0.6) is 0 Å². The van der Waals surface area contributed by atoms with Crippen LogP contribution in [-0.2, 0) is 6.42 Å². The van der Waals surface area contributed by atoms with Crippen molar-refractivity contribution in [3.05, 3.63) is 30.1 Å². The van der Waals surface area contributed by atoms with Gasteiger partial charge in [0.1, 0.15) is 0 Å². The fourth-order valence-electron chi connectivity index (χ4n) is 1.40. The molecule has 0 bridgehead atoms. The molecule has 0 saturated carbocycles. The molecule has 2 nitrogen and oxygen atoms in total. The lowest BCUT2D eigenvalue weighted by molar-refractivity contribution is 0.642. The van der Waals surface area contributed by atoms with Crippen molar-refractivity contribution < 1.29 is 0 Å². The second kappa shape index (κ2) is 8.74. The maximum absolute atomic E-state index is 4.00. The van der Waals surface area contributed by atoms with Gasteiger partial charge in [0.2, 0.25) is 0 Å². The van der Waals surface area contributed by atoms with E-state index in [4.69, 9.17) is 0 Å². The van der Waals surface area contributed by atoms with Gasteiger partial charge in [-0.1, -0.05) is 0 Å². The number of pyridine rings is 1. The number of nitrogens with zero attached hydrogens (tertiary/aromatic N) is 1. The zero-order chi connectivity index (χ0) is 10.8. The average Bonchev–Trinajstić information content (AvgIpc) is 2.29. The van der Waals surface area contributed by atoms with Crippen molar-refractivity contribution in [3.8, 4) is 0 Å². The third kappa shape index (κ3) is 6.52. The van der Waals surface area contributed by atoms with Gasteiger partial charge < -0.3 is 5.32 Å². The highest BCUT2D eigenvalue weighted by molar-refractivity contribution is 7.98. The molecule has 0 aliphatic carbocycles. The standard InChI is InChI=1S/C12H20N2S/c1-15-11-3-2-7-13-8-4-12-5-9-14-10-6-12/h5-6,9-10,13H,2-4,7-8,11H2,1H3. The van der Waals surface area contributed by atoms with Crippen molar-refractivity contribution in [2.45, 2.75) is 19.3 Å². The zero-order valence-electron chi connectivity index (χ0n) is 9.41. The largest absolute Gasteiger partial charge is 0.316 e. The first-order valence-electron chi connectivity index (χ1n) is 5.52. The normalized spacial score (nSPS) is 10.5. The van der Waals surface area contributed by atoms with Crippen LogP contribution in [0.25, 0.3) is 0 Å². The van der Waals surface area contributed by atoms with Crippen molar-refractivity contribution in [3.63, 3.8) is 0 Å². The van der Waals surface area contributed by atoms with Gasteiger partial charge in [-0.25, -0.2) is 0 Å². The van der Waals surface area contributed by atoms with Gasteiger partial charge in [-0.2, -0.15) is 11.8 Å². The molecule has 1 aromatic heterocycles. The predicted octanol–water partition coefficient (Wildman–Crippen LogP) is 2.36. The van der Waals surface area contributed by atoms with Gasteiger partial charge in [0, 0.05) is 12.4 Å². The Balaban J connectivity index is 1.93. The lowest BCUT2D eigenvalue weighted by Gasteiger charge is -2.04. The van der Waals surface area contributed by atoms with E-state index in [2.05, 4.69) is 28.7 Å². The van der Waals surface area contributed by atoms with E-state index in [0.29, 0.717) is 0 Å². The minimum absolute atomic E-state index is 1.07. The molecule has 0 unspecified atom stereocenters. The molecule has 1 heterocycles. The van der Waals surface area contributed by atoms with Crippen molar-refractivity contribution in [2.24, 2.45) is 0 Å². The number of aromatic nitrogens is 1. The maximum atomic E-state index is 4.00. The molecule has 15 heavy (non-hydrogen) atoms. The third-order valence-electron chi connectivity index (χ3n) is 2.29. The summed E-state index contributed by atoms with van der Waals surface area (Å²) in [5.41, 5.74) is 1.36. The fraction of sp³-hybridized carbons (Fsp3) is 0.583. The fourth-order valence-corrected chi connectivity index (χ4v) is 1.90. The van der Waals surface area contributed by atoms with Gasteiger partial charge in [0.15, 0.2) is 0 Å². The number of thioether (sulfide) groups is 1. The first-order valence-corrected chi connectivity index (χ1v) is 6.91. The second-order valence-electron chi connectivity index (χ2n) is 3.56. The van der Waals surface area contributed by atoms with Crippen LogP contribution in [0.3, 0.4) is 0 Å². The van der Waals surface area contributed by atoms with Gasteiger partial charge in [-0.15, -0.1) is 0 Å². The topological polar surface area (TPSA) is 24.9 Å². The number of hydrogen-bond donors (Lipinski definition) is 1. The molecule has 1 N–H and O–H groups in total. The number of nitrogens with one attached hydrogen (secondary N) is 1. The summed E-state index contributed by atoms with van der Waals surface area (Å²) in [5.74, 6) is 1.28. The van der Waals surface area contributed by atoms with Crippen LogP contribution in [0.2, 0.25) is 0 Å². The van der Waals surface area contributed by atoms with Crippen LogP contribution in [0.15, 0.2) is 24.5 Å². The number of hydrogen-bond acceptors (Lipinski definition) is 3. The molecule has 1 rings (SSSR count). The Morgan fingerprint density at radius 1 is 1.20 bits per heavy atom. The third-order valence-corrected chi connectivity index (χ3v) is 2.99. The number of unbranched alkanes of at least 4 members (excludes halogenated alkanes) is 1. The van der Waals surface area contributed by atoms with Crippen molar-refractivity contribution in [1.29, 1.82) is 0 Å². The van der Waals surface area contributed by atoms with E-state index in [1.807, 2.05) is 24.2 Å². The average molecular weight is 224 g/mol. The molecule has 84 valence electrons. The minimum atomic E-state index is 1.07. The Morgan fingerprint density at radius 2 is 2.00 bits per heavy atom. The van der Waals surface area contributed by atoms with Crippen LogP contribution in [0, 0.1) is 0 Å². The van der Waals surface area contributed by atoms with E-state index >= 15 is 0 Å². The maximum Gasteiger partial charge on any atom is 0.0270 e. The monoisotopic (exact) mass is 224 g/mol. The van der Waals surface area contributed by atoms with Crippen LogP contribution in [-0.4, -0.2) is 30.1 Å². The lowest BCUT2D eigenvalue weighted by Crippen LogP contribution is -2.18. The predicted molar refractivity (Wildman–Crippen MR) is 68.4 cm³/mol. The minimum Gasteiger partial charge on any atom is -0.316 e. The highest BCUT2D eigenvalue weighted by atomic mass is 32.2. The van der Waals surface area contributed by atoms with Crippen molar-refractivity contribution in [2.75, 3.05) is 25.1 Å². The highest BCUT2D eigenvalue weighted by Crippen LogP contribution is 1.98. The van der Waals surface area contributed by atoms with E-state index in [0.717, 1.165) is 19.5 Å². The van der Waals surface area contributed by atoms with Gasteiger partial charge in [-0.3, -0.25) is 4.98 Å². The van der Waals surface area contributed by atoms with Crippen molar-refractivity contribution >= 4 is 11.8 Å². The molecule has 0 aliphatic rings. The molecule has 0 aliphatic heterocycles. The SMILES string of the molecule is CSCCCCNCCc1ccncc1. The summed E-state index contributed by atoms with van der Waals surface area (Å²) in [6, 6.07) is 4.16. The molecule has 3 heteroatoms. The molecule has 0 radical (unpaired) electrons. The Bertz CT molecular complexity index is 239. The molecule has 0 saturated heterocycles. The number of rotatable bonds is 8. The molecule has 0 fully saturated rings. The molecule has 0 spiro atoms. The molecule has 0 aromatic carbocycles. The van der Waals surface area contributed by atoms with Crippen LogP contribution in [0.1, 0.15) is 18.4 Å². The first-order chi connectivity index (χ1) is 7.43. The van der Waals surface area contributed by atoms with Gasteiger partial charge in [0.25, 0.3) is 0 Å². The van der Waals surface area contributed by atoms with Gasteiger partial charge >= 0.3 is 0 Å². The Kier molecular flexibility index (Phi) is 7.30. The van der Waals surface area contributed by atoms with Gasteiger partial charge in [-0.05, 0) is 62.1 Å². The first kappa shape index (κ1) is 12.5. The quantitative estimate of drug-likeness (QED) is 0.686. The Hall–Kier alpha value is -0.540. The van der Waals surface area contributed by atoms with E-state index in [1.54, 1.807) is 0 Å². The molecule has 1 aromatic rings. The molecular weight excluding hydrogens is 204 g/mol. The summed E-state index contributed by atoms with van der Waals surface area (Å²) in [6.45, 7) is 2.22. The van der Waals surface area contributed by atoms with E-state index in [9.17, 15) is 0 Å². The molecular formula is C12H20N2S. The highest BCUT2D eigenvalue weighted by Gasteiger charge is 1.91. The summed E-state index contributed by atoms with van der Waals surface area (Å²) >= 11 is 1.93. The smallest absolute Gasteiger partial charge is 0.0270 e. The Labute approximate surface area is 96.9 Å². The summed E-state index contributed by atoms with van der Waals surface area (Å²) in [4.78, 5) is 4.00. The van der Waals surface area contributed by atoms with Crippen LogP contribution in [0.4, 0.5) is 0 Å². The Morgan fingerprint density at radius 3 is 2.73 bits per heavy atom. The lowest BCUT2D eigenvalue weighted by atomic mass is 10.2. The van der Waals surface area contributed by atoms with Gasteiger partial charge in [0.05, 0.1) is 0 Å². The summed E-state index contributed by atoms with van der Waals surface area (Å²) in [7, 11) is 0. The van der Waals surface area contributed by atoms with Crippen LogP contribution < -0.4 is 5.32 Å². The van der Waals surface area contributed by atoms with Crippen molar-refractivity contribution in [1.82, 2.24) is 10.3 Å². The molecule has 0 amide bonds. The summed E-state index contributed by atoms with van der Waals surface area (Å²) < 4.78 is 0. The zero-order valence-corrected chi connectivity index (χ0v) is 10.2. The molecule has 0 atom stereocenters. The summed E-state index contributed by atoms with van der Waals surface area (Å²) in [5, 5.41) is 3.46. The van der Waals surface area contributed by atoms with E-state index in [-0.39, 0.29) is 0 Å². The van der Waals surface area contributed by atoms with E-state index < -0.39 is 0 Å².